The number of nitrogens with one attached hydrogen (secondary N) is 1. The molecule has 0 saturated carbocycles. The van der Waals surface area contributed by atoms with Crippen LogP contribution in [0.3, 0.4) is 0 Å². The van der Waals surface area contributed by atoms with Crippen LogP contribution in [0.1, 0.15) is 18.4 Å². The summed E-state index contributed by atoms with van der Waals surface area (Å²) in [6.45, 7) is 4.69. The van der Waals surface area contributed by atoms with Crippen LogP contribution in [0.5, 0.6) is 5.75 Å². The summed E-state index contributed by atoms with van der Waals surface area (Å²) in [6.07, 6.45) is 0. The molecule has 0 bridgehead atoms. The van der Waals surface area contributed by atoms with Crippen LogP contribution in [0, 0.1) is 5.41 Å². The van der Waals surface area contributed by atoms with E-state index in [4.69, 9.17) is 9.47 Å². The van der Waals surface area contributed by atoms with E-state index >= 15 is 0 Å². The Bertz CT molecular complexity index is 468. The van der Waals surface area contributed by atoms with E-state index in [0.29, 0.717) is 13.2 Å². The van der Waals surface area contributed by atoms with Gasteiger partial charge in [-0.1, -0.05) is 25.1 Å². The van der Waals surface area contributed by atoms with E-state index in [-0.39, 0.29) is 17.2 Å². The van der Waals surface area contributed by atoms with Crippen molar-refractivity contribution < 1.29 is 14.3 Å². The Labute approximate surface area is 106 Å². The van der Waals surface area contributed by atoms with Gasteiger partial charge in [0.15, 0.2) is 0 Å². The van der Waals surface area contributed by atoms with Crippen LogP contribution in [-0.4, -0.2) is 32.3 Å². The third-order valence-electron chi connectivity index (χ3n) is 3.61. The van der Waals surface area contributed by atoms with Gasteiger partial charge in [0.2, 0.25) is 5.91 Å². The first-order valence-electron chi connectivity index (χ1n) is 6.25. The predicted octanol–water partition coefficient (Wildman–Crippen LogP) is 1.32. The van der Waals surface area contributed by atoms with Crippen molar-refractivity contribution in [3.8, 4) is 5.75 Å². The summed E-state index contributed by atoms with van der Waals surface area (Å²) in [7, 11) is 0. The number of benzene rings is 1. The van der Waals surface area contributed by atoms with Crippen molar-refractivity contribution in [3.05, 3.63) is 29.8 Å². The number of ether oxygens (including phenoxy) is 2. The molecule has 96 valence electrons. The summed E-state index contributed by atoms with van der Waals surface area (Å²) >= 11 is 0. The summed E-state index contributed by atoms with van der Waals surface area (Å²) in [5.74, 6) is 0.703. The van der Waals surface area contributed by atoms with Gasteiger partial charge < -0.3 is 14.8 Å². The fourth-order valence-electron chi connectivity index (χ4n) is 2.36. The van der Waals surface area contributed by atoms with Gasteiger partial charge in [-0.25, -0.2) is 0 Å². The molecule has 4 heteroatoms. The number of para-hydroxylation sites is 1. The van der Waals surface area contributed by atoms with E-state index in [2.05, 4.69) is 12.2 Å². The number of hydrogen-bond acceptors (Lipinski definition) is 3. The van der Waals surface area contributed by atoms with E-state index in [1.165, 1.54) is 0 Å². The molecule has 1 aromatic rings. The van der Waals surface area contributed by atoms with Gasteiger partial charge in [0.1, 0.15) is 18.3 Å². The molecule has 1 aromatic carbocycles. The van der Waals surface area contributed by atoms with Crippen molar-refractivity contribution >= 4 is 5.91 Å². The Morgan fingerprint density at radius 2 is 2.22 bits per heavy atom. The molecule has 1 saturated heterocycles. The van der Waals surface area contributed by atoms with Crippen LogP contribution in [0.4, 0.5) is 0 Å². The molecule has 18 heavy (non-hydrogen) atoms. The second-order valence-electron chi connectivity index (χ2n) is 5.42. The second kappa shape index (κ2) is 4.28. The van der Waals surface area contributed by atoms with Crippen molar-refractivity contribution in [3.63, 3.8) is 0 Å². The molecule has 0 radical (unpaired) electrons. The Balaban J connectivity index is 1.64. The van der Waals surface area contributed by atoms with Crippen molar-refractivity contribution in [2.75, 3.05) is 26.4 Å². The normalized spacial score (nSPS) is 23.7. The van der Waals surface area contributed by atoms with Gasteiger partial charge in [-0.05, 0) is 6.07 Å². The Kier molecular flexibility index (Phi) is 2.74. The Morgan fingerprint density at radius 1 is 1.44 bits per heavy atom. The number of hydrogen-bond donors (Lipinski definition) is 1. The summed E-state index contributed by atoms with van der Waals surface area (Å²) in [5, 5.41) is 3.01. The highest BCUT2D eigenvalue weighted by molar-refractivity contribution is 5.85. The molecule has 3 rings (SSSR count). The highest BCUT2D eigenvalue weighted by Crippen LogP contribution is 2.33. The van der Waals surface area contributed by atoms with Crippen molar-refractivity contribution in [2.24, 2.45) is 5.41 Å². The van der Waals surface area contributed by atoms with E-state index in [9.17, 15) is 4.79 Å². The minimum absolute atomic E-state index is 0.0491. The van der Waals surface area contributed by atoms with Crippen LogP contribution in [0.2, 0.25) is 0 Å². The molecule has 1 atom stereocenters. The lowest BCUT2D eigenvalue weighted by molar-refractivity contribution is -0.128. The molecule has 2 heterocycles. The zero-order valence-electron chi connectivity index (χ0n) is 10.4. The van der Waals surface area contributed by atoms with E-state index in [1.807, 2.05) is 24.3 Å². The Hall–Kier alpha value is -1.55. The molecule has 1 fully saturated rings. The van der Waals surface area contributed by atoms with E-state index < -0.39 is 0 Å². The van der Waals surface area contributed by atoms with Crippen LogP contribution in [0.25, 0.3) is 0 Å². The first kappa shape index (κ1) is 11.5. The van der Waals surface area contributed by atoms with Gasteiger partial charge in [0.25, 0.3) is 0 Å². The maximum absolute atomic E-state index is 12.2. The highest BCUT2D eigenvalue weighted by Gasteiger charge is 2.36. The molecule has 2 aliphatic rings. The summed E-state index contributed by atoms with van der Waals surface area (Å²) in [5.41, 5.74) is 1.10. The average Bonchev–Trinajstić information content (AvgIpc) is 2.77. The van der Waals surface area contributed by atoms with Crippen molar-refractivity contribution in [2.45, 2.75) is 12.8 Å². The lowest BCUT2D eigenvalue weighted by atomic mass is 9.88. The van der Waals surface area contributed by atoms with Crippen LogP contribution in [-0.2, 0) is 9.53 Å². The largest absolute Gasteiger partial charge is 0.492 e. The molecule has 0 aromatic heterocycles. The highest BCUT2D eigenvalue weighted by atomic mass is 16.5. The quantitative estimate of drug-likeness (QED) is 0.876. The Morgan fingerprint density at radius 3 is 2.94 bits per heavy atom. The average molecular weight is 247 g/mol. The zero-order valence-corrected chi connectivity index (χ0v) is 10.4. The molecule has 4 nitrogen and oxygen atoms in total. The molecule has 1 N–H and O–H groups in total. The van der Waals surface area contributed by atoms with Crippen LogP contribution in [0.15, 0.2) is 24.3 Å². The molecule has 0 spiro atoms. The maximum atomic E-state index is 12.2. The SMILES string of the molecule is CC1(CNC(=O)C2COc3ccccc32)COC1. The molecule has 1 unspecified atom stereocenters. The van der Waals surface area contributed by atoms with Crippen molar-refractivity contribution in [1.82, 2.24) is 5.32 Å². The number of carbonyl (C=O) groups is 1. The van der Waals surface area contributed by atoms with Gasteiger partial charge in [-0.2, -0.15) is 0 Å². The minimum atomic E-state index is -0.175. The van der Waals surface area contributed by atoms with Crippen LogP contribution >= 0.6 is 0 Å². The topological polar surface area (TPSA) is 47.6 Å². The summed E-state index contributed by atoms with van der Waals surface area (Å²) in [4.78, 5) is 12.2. The third kappa shape index (κ3) is 1.97. The lowest BCUT2D eigenvalue weighted by Crippen LogP contribution is -2.49. The van der Waals surface area contributed by atoms with E-state index in [0.717, 1.165) is 24.5 Å². The summed E-state index contributed by atoms with van der Waals surface area (Å²) < 4.78 is 10.7. The molecular weight excluding hydrogens is 230 g/mol. The number of fused-ring (bicyclic) bond motifs is 1. The zero-order chi connectivity index (χ0) is 12.6. The minimum Gasteiger partial charge on any atom is -0.492 e. The third-order valence-corrected chi connectivity index (χ3v) is 3.61. The smallest absolute Gasteiger partial charge is 0.231 e. The number of amides is 1. The molecule has 1 amide bonds. The van der Waals surface area contributed by atoms with Gasteiger partial charge in [-0.3, -0.25) is 4.79 Å². The second-order valence-corrected chi connectivity index (χ2v) is 5.42. The number of carbonyl (C=O) groups excluding carboxylic acids is 1. The fraction of sp³-hybridized carbons (Fsp3) is 0.500. The molecular formula is C14H17NO3. The predicted molar refractivity (Wildman–Crippen MR) is 66.6 cm³/mol. The first-order valence-corrected chi connectivity index (χ1v) is 6.25. The number of rotatable bonds is 3. The lowest BCUT2D eigenvalue weighted by Gasteiger charge is -2.38. The van der Waals surface area contributed by atoms with Gasteiger partial charge in [-0.15, -0.1) is 0 Å². The first-order chi connectivity index (χ1) is 8.68. The molecule has 0 aliphatic carbocycles. The van der Waals surface area contributed by atoms with Gasteiger partial charge in [0.05, 0.1) is 13.2 Å². The molecule has 2 aliphatic heterocycles. The van der Waals surface area contributed by atoms with Gasteiger partial charge >= 0.3 is 0 Å². The van der Waals surface area contributed by atoms with Gasteiger partial charge in [0, 0.05) is 17.5 Å². The van der Waals surface area contributed by atoms with Crippen molar-refractivity contribution in [1.29, 1.82) is 0 Å². The fourth-order valence-corrected chi connectivity index (χ4v) is 2.36. The standard InChI is InChI=1S/C14H17NO3/c1-14(8-17-9-14)7-15-13(16)11-6-18-12-5-3-2-4-10(11)12/h2-5,11H,6-9H2,1H3,(H,15,16). The van der Waals surface area contributed by atoms with Crippen LogP contribution < -0.4 is 10.1 Å². The maximum Gasteiger partial charge on any atom is 0.231 e. The summed E-state index contributed by atoms with van der Waals surface area (Å²) in [6, 6.07) is 7.73. The van der Waals surface area contributed by atoms with E-state index in [1.54, 1.807) is 0 Å². The monoisotopic (exact) mass is 247 g/mol.